The van der Waals surface area contributed by atoms with Gasteiger partial charge in [-0.05, 0) is 53.4 Å². The maximum atomic E-state index is 12.4. The molecule has 0 unspecified atom stereocenters. The molecule has 1 aliphatic rings. The van der Waals surface area contributed by atoms with E-state index >= 15 is 0 Å². The molecular weight excluding hydrogens is 376 g/mol. The largest absolute Gasteiger partial charge is 0.444 e. The van der Waals surface area contributed by atoms with Crippen LogP contribution in [-0.4, -0.2) is 69.6 Å². The lowest BCUT2D eigenvalue weighted by Gasteiger charge is -2.36. The van der Waals surface area contributed by atoms with Gasteiger partial charge in [-0.25, -0.2) is 4.79 Å². The summed E-state index contributed by atoms with van der Waals surface area (Å²) in [5, 5.41) is 9.23. The Bertz CT molecular complexity index is 435. The van der Waals surface area contributed by atoms with E-state index < -0.39 is 9.93 Å². The van der Waals surface area contributed by atoms with Crippen LogP contribution < -0.4 is 0 Å². The van der Waals surface area contributed by atoms with Crippen molar-refractivity contribution in [2.24, 2.45) is 5.92 Å². The van der Waals surface area contributed by atoms with Gasteiger partial charge in [-0.15, -0.1) is 0 Å². The molecule has 1 rings (SSSR count). The minimum Gasteiger partial charge on any atom is -0.444 e. The second-order valence-corrected chi connectivity index (χ2v) is 9.84. The van der Waals surface area contributed by atoms with Gasteiger partial charge in [-0.3, -0.25) is 4.79 Å². The maximum absolute atomic E-state index is 12.4. The summed E-state index contributed by atoms with van der Waals surface area (Å²) in [5.74, 6) is 0.306. The molecule has 0 aromatic heterocycles. The third-order valence-electron chi connectivity index (χ3n) is 3.91. The van der Waals surface area contributed by atoms with Gasteiger partial charge in [0.2, 0.25) is 5.91 Å². The van der Waals surface area contributed by atoms with E-state index in [0.717, 1.165) is 12.8 Å². The Kier molecular flexibility index (Phi) is 7.53. The van der Waals surface area contributed by atoms with Crippen LogP contribution in [0.25, 0.3) is 0 Å². The van der Waals surface area contributed by atoms with Crippen molar-refractivity contribution in [2.75, 3.05) is 32.8 Å². The molecule has 1 fully saturated rings. The van der Waals surface area contributed by atoms with Crippen LogP contribution in [0.4, 0.5) is 4.79 Å². The molecule has 1 heterocycles. The Morgan fingerprint density at radius 1 is 1.21 bits per heavy atom. The lowest BCUT2D eigenvalue weighted by atomic mass is 9.96. The number of rotatable bonds is 5. The first kappa shape index (κ1) is 21.2. The van der Waals surface area contributed by atoms with Crippen molar-refractivity contribution in [3.05, 3.63) is 0 Å². The molecule has 0 aliphatic carbocycles. The zero-order chi connectivity index (χ0) is 18.5. The Morgan fingerprint density at radius 3 is 2.17 bits per heavy atom. The number of carbonyl (C=O) groups excluding carboxylic acids is 2. The highest BCUT2D eigenvalue weighted by atomic mass is 79.9. The van der Waals surface area contributed by atoms with Crippen molar-refractivity contribution in [3.63, 3.8) is 0 Å². The number of aliphatic hydroxyl groups is 1. The van der Waals surface area contributed by atoms with E-state index in [0.29, 0.717) is 32.1 Å². The fraction of sp³-hybridized carbons (Fsp3) is 0.882. The number of piperidine rings is 1. The molecule has 6 nitrogen and oxygen atoms in total. The monoisotopic (exact) mass is 406 g/mol. The van der Waals surface area contributed by atoms with Crippen molar-refractivity contribution in [1.82, 2.24) is 9.80 Å². The predicted molar refractivity (Wildman–Crippen MR) is 97.2 cm³/mol. The second kappa shape index (κ2) is 8.52. The number of likely N-dealkylation sites (tertiary alicyclic amines) is 1. The van der Waals surface area contributed by atoms with E-state index in [9.17, 15) is 14.7 Å². The summed E-state index contributed by atoms with van der Waals surface area (Å²) in [5.41, 5.74) is -0.486. The smallest absolute Gasteiger partial charge is 0.410 e. The molecule has 0 spiro atoms. The first-order chi connectivity index (χ1) is 10.9. The van der Waals surface area contributed by atoms with Crippen LogP contribution in [0.1, 0.15) is 47.5 Å². The summed E-state index contributed by atoms with van der Waals surface area (Å²) in [6.45, 7) is 11.4. The standard InChI is InChI=1S/C17H31BrN2O4/c1-16(2,3)24-15(23)19-8-6-13(7-9-19)12-20(10-11-21)14(22)17(4,5)18/h13,21H,6-12H2,1-5H3. The van der Waals surface area contributed by atoms with Crippen LogP contribution >= 0.6 is 15.9 Å². The number of nitrogens with zero attached hydrogens (tertiary/aromatic N) is 2. The van der Waals surface area contributed by atoms with Gasteiger partial charge < -0.3 is 19.6 Å². The molecule has 0 aromatic rings. The van der Waals surface area contributed by atoms with Crippen LogP contribution in [0.5, 0.6) is 0 Å². The molecule has 140 valence electrons. The lowest BCUT2D eigenvalue weighted by Crippen LogP contribution is -2.48. The predicted octanol–water partition coefficient (Wildman–Crippen LogP) is 2.63. The topological polar surface area (TPSA) is 70.1 Å². The fourth-order valence-electron chi connectivity index (χ4n) is 2.71. The van der Waals surface area contributed by atoms with Crippen molar-refractivity contribution < 1.29 is 19.4 Å². The van der Waals surface area contributed by atoms with E-state index in [2.05, 4.69) is 15.9 Å². The molecule has 2 amide bonds. The number of alkyl halides is 1. The molecule has 0 aromatic carbocycles. The van der Waals surface area contributed by atoms with Crippen molar-refractivity contribution >= 4 is 27.9 Å². The first-order valence-electron chi connectivity index (χ1n) is 8.51. The van der Waals surface area contributed by atoms with E-state index in [-0.39, 0.29) is 18.6 Å². The van der Waals surface area contributed by atoms with Crippen LogP contribution in [0.3, 0.4) is 0 Å². The Labute approximate surface area is 153 Å². The Hall–Kier alpha value is -0.820. The Morgan fingerprint density at radius 2 is 1.75 bits per heavy atom. The average Bonchev–Trinajstić information content (AvgIpc) is 2.44. The van der Waals surface area contributed by atoms with E-state index in [1.54, 1.807) is 9.80 Å². The second-order valence-electron chi connectivity index (χ2n) is 7.86. The minimum absolute atomic E-state index is 0.0221. The quantitative estimate of drug-likeness (QED) is 0.712. The molecule has 0 radical (unpaired) electrons. The summed E-state index contributed by atoms with van der Waals surface area (Å²) in [7, 11) is 0. The minimum atomic E-state index is -0.639. The highest BCUT2D eigenvalue weighted by molar-refractivity contribution is 9.10. The van der Waals surface area contributed by atoms with Gasteiger partial charge >= 0.3 is 6.09 Å². The Balaban J connectivity index is 2.54. The zero-order valence-electron chi connectivity index (χ0n) is 15.5. The molecular formula is C17H31BrN2O4. The third kappa shape index (κ3) is 6.97. The fourth-order valence-corrected chi connectivity index (χ4v) is 2.96. The van der Waals surface area contributed by atoms with Gasteiger partial charge in [0.15, 0.2) is 0 Å². The summed E-state index contributed by atoms with van der Waals surface area (Å²) in [6, 6.07) is 0. The summed E-state index contributed by atoms with van der Waals surface area (Å²) >= 11 is 3.39. The number of amides is 2. The normalized spacial score (nSPS) is 16.9. The van der Waals surface area contributed by atoms with Gasteiger partial charge in [0, 0.05) is 26.2 Å². The van der Waals surface area contributed by atoms with E-state index in [4.69, 9.17) is 4.74 Å². The average molecular weight is 407 g/mol. The molecule has 1 aliphatic heterocycles. The molecule has 0 atom stereocenters. The van der Waals surface area contributed by atoms with E-state index in [1.165, 1.54) is 0 Å². The lowest BCUT2D eigenvalue weighted by molar-refractivity contribution is -0.134. The van der Waals surface area contributed by atoms with Crippen LogP contribution in [0, 0.1) is 5.92 Å². The first-order valence-corrected chi connectivity index (χ1v) is 9.30. The number of aliphatic hydroxyl groups excluding tert-OH is 1. The van der Waals surface area contributed by atoms with Gasteiger partial charge in [0.1, 0.15) is 5.60 Å². The van der Waals surface area contributed by atoms with Gasteiger partial charge in [0.25, 0.3) is 0 Å². The van der Waals surface area contributed by atoms with Crippen LogP contribution in [0.15, 0.2) is 0 Å². The SMILES string of the molecule is CC(C)(C)OC(=O)N1CCC(CN(CCO)C(=O)C(C)(C)Br)CC1. The van der Waals surface area contributed by atoms with Crippen molar-refractivity contribution in [1.29, 1.82) is 0 Å². The third-order valence-corrected chi connectivity index (χ3v) is 4.25. The highest BCUT2D eigenvalue weighted by Gasteiger charge is 2.32. The number of carbonyl (C=O) groups is 2. The molecule has 1 N–H and O–H groups in total. The van der Waals surface area contributed by atoms with Crippen molar-refractivity contribution in [3.8, 4) is 0 Å². The maximum Gasteiger partial charge on any atom is 0.410 e. The van der Waals surface area contributed by atoms with Gasteiger partial charge in [-0.1, -0.05) is 15.9 Å². The number of halogens is 1. The summed E-state index contributed by atoms with van der Waals surface area (Å²) in [4.78, 5) is 28.0. The zero-order valence-corrected chi connectivity index (χ0v) is 17.1. The molecule has 24 heavy (non-hydrogen) atoms. The highest BCUT2D eigenvalue weighted by Crippen LogP contribution is 2.24. The molecule has 1 saturated heterocycles. The van der Waals surface area contributed by atoms with Gasteiger partial charge in [0.05, 0.1) is 10.9 Å². The number of hydrogen-bond donors (Lipinski definition) is 1. The number of hydrogen-bond acceptors (Lipinski definition) is 4. The molecule has 0 bridgehead atoms. The van der Waals surface area contributed by atoms with Gasteiger partial charge in [-0.2, -0.15) is 0 Å². The molecule has 0 saturated carbocycles. The summed E-state index contributed by atoms with van der Waals surface area (Å²) < 4.78 is 4.76. The molecule has 7 heteroatoms. The van der Waals surface area contributed by atoms with Crippen LogP contribution in [0.2, 0.25) is 0 Å². The summed E-state index contributed by atoms with van der Waals surface area (Å²) in [6.07, 6.45) is 1.39. The number of ether oxygens (including phenoxy) is 1. The van der Waals surface area contributed by atoms with Crippen molar-refractivity contribution in [2.45, 2.75) is 57.4 Å². The van der Waals surface area contributed by atoms with E-state index in [1.807, 2.05) is 34.6 Å². The van der Waals surface area contributed by atoms with Crippen LogP contribution in [-0.2, 0) is 9.53 Å².